The molecule has 166 valence electrons. The van der Waals surface area contributed by atoms with Gasteiger partial charge in [-0.15, -0.1) is 0 Å². The van der Waals surface area contributed by atoms with Gasteiger partial charge in [-0.05, 0) is 43.2 Å². The second kappa shape index (κ2) is 7.97. The molecule has 33 heavy (non-hydrogen) atoms. The number of aromatic nitrogens is 6. The number of para-hydroxylation sites is 1. The lowest BCUT2D eigenvalue weighted by Crippen LogP contribution is -2.29. The van der Waals surface area contributed by atoms with Crippen LogP contribution in [0.15, 0.2) is 53.6 Å². The monoisotopic (exact) mass is 444 g/mol. The molecular weight excluding hydrogens is 423 g/mol. The third kappa shape index (κ3) is 3.55. The number of halogens is 1. The molecule has 2 aromatic carbocycles. The summed E-state index contributed by atoms with van der Waals surface area (Å²) in [6.07, 6.45) is 2.08. The lowest BCUT2D eigenvalue weighted by Gasteiger charge is -2.23. The van der Waals surface area contributed by atoms with E-state index in [0.29, 0.717) is 40.4 Å². The molecule has 3 heterocycles. The second-order valence-electron chi connectivity index (χ2n) is 7.70. The number of imidazole rings is 1. The van der Waals surface area contributed by atoms with E-state index in [0.717, 1.165) is 5.56 Å². The number of rotatable bonds is 5. The van der Waals surface area contributed by atoms with Crippen molar-refractivity contribution < 1.29 is 4.39 Å². The molecule has 5 rings (SSSR count). The van der Waals surface area contributed by atoms with Crippen LogP contribution in [0.3, 0.4) is 0 Å². The van der Waals surface area contributed by atoms with Gasteiger partial charge in [-0.2, -0.15) is 9.97 Å². The summed E-state index contributed by atoms with van der Waals surface area (Å²) in [6, 6.07) is 11.1. The zero-order valence-electron chi connectivity index (χ0n) is 18.0. The van der Waals surface area contributed by atoms with Gasteiger partial charge >= 0.3 is 0 Å². The average molecular weight is 444 g/mol. The van der Waals surface area contributed by atoms with E-state index in [9.17, 15) is 9.18 Å². The Kier molecular flexibility index (Phi) is 4.97. The molecule has 3 aromatic heterocycles. The van der Waals surface area contributed by atoms with Crippen LogP contribution in [0.1, 0.15) is 30.8 Å². The zero-order chi connectivity index (χ0) is 23.1. The fourth-order valence-electron chi connectivity index (χ4n) is 3.92. The topological polar surface area (TPSA) is 127 Å². The smallest absolute Gasteiger partial charge is 0.266 e. The fourth-order valence-corrected chi connectivity index (χ4v) is 3.92. The van der Waals surface area contributed by atoms with Crippen molar-refractivity contribution in [1.29, 1.82) is 0 Å². The number of aryl methyl sites for hydroxylation is 1. The number of nitrogens with one attached hydrogen (secondary N) is 2. The van der Waals surface area contributed by atoms with Crippen LogP contribution in [0.2, 0.25) is 0 Å². The highest BCUT2D eigenvalue weighted by Gasteiger charge is 2.23. The van der Waals surface area contributed by atoms with Crippen molar-refractivity contribution in [3.05, 3.63) is 76.4 Å². The quantitative estimate of drug-likeness (QED) is 0.378. The first kappa shape index (κ1) is 20.6. The van der Waals surface area contributed by atoms with Crippen LogP contribution in [0.25, 0.3) is 27.8 Å². The number of hydrogen-bond donors (Lipinski definition) is 3. The van der Waals surface area contributed by atoms with Gasteiger partial charge in [0.2, 0.25) is 5.95 Å². The first-order chi connectivity index (χ1) is 16.0. The minimum absolute atomic E-state index is 0.0743. The summed E-state index contributed by atoms with van der Waals surface area (Å²) in [4.78, 5) is 34.0. The lowest BCUT2D eigenvalue weighted by molar-refractivity contribution is 0.628. The van der Waals surface area contributed by atoms with E-state index in [2.05, 4.69) is 25.3 Å². The summed E-state index contributed by atoms with van der Waals surface area (Å²) < 4.78 is 15.5. The van der Waals surface area contributed by atoms with Crippen molar-refractivity contribution in [2.75, 3.05) is 11.1 Å². The predicted octanol–water partition coefficient (Wildman–Crippen LogP) is 3.64. The number of fused-ring (bicyclic) bond motifs is 2. The predicted molar refractivity (Wildman–Crippen MR) is 125 cm³/mol. The third-order valence-electron chi connectivity index (χ3n) is 5.55. The lowest BCUT2D eigenvalue weighted by atomic mass is 10.1. The molecule has 1 unspecified atom stereocenters. The van der Waals surface area contributed by atoms with Gasteiger partial charge < -0.3 is 16.0 Å². The molecule has 0 saturated heterocycles. The summed E-state index contributed by atoms with van der Waals surface area (Å²) in [5.41, 5.74) is 8.51. The van der Waals surface area contributed by atoms with E-state index in [1.165, 1.54) is 29.1 Å². The van der Waals surface area contributed by atoms with E-state index < -0.39 is 11.9 Å². The molecule has 4 N–H and O–H groups in total. The second-order valence-corrected chi connectivity index (χ2v) is 7.70. The Labute approximate surface area is 187 Å². The van der Waals surface area contributed by atoms with Crippen molar-refractivity contribution >= 4 is 33.8 Å². The summed E-state index contributed by atoms with van der Waals surface area (Å²) in [6.45, 7) is 3.88. The van der Waals surface area contributed by atoms with E-state index in [-0.39, 0.29) is 16.9 Å². The Bertz CT molecular complexity index is 1560. The van der Waals surface area contributed by atoms with Crippen molar-refractivity contribution in [2.45, 2.75) is 26.3 Å². The zero-order valence-corrected chi connectivity index (χ0v) is 18.0. The largest absolute Gasteiger partial charge is 0.368 e. The van der Waals surface area contributed by atoms with Crippen LogP contribution in [0, 0.1) is 12.7 Å². The molecule has 0 bridgehead atoms. The van der Waals surface area contributed by atoms with Crippen LogP contribution in [0.4, 0.5) is 16.2 Å². The van der Waals surface area contributed by atoms with Crippen molar-refractivity contribution in [3.63, 3.8) is 0 Å². The minimum atomic E-state index is -0.492. The highest BCUT2D eigenvalue weighted by Crippen LogP contribution is 2.27. The van der Waals surface area contributed by atoms with Gasteiger partial charge in [-0.3, -0.25) is 9.36 Å². The average Bonchev–Trinajstić information content (AvgIpc) is 3.27. The maximum absolute atomic E-state index is 14.0. The fraction of sp³-hybridized carbons (Fsp3) is 0.174. The van der Waals surface area contributed by atoms with Gasteiger partial charge in [0.25, 0.3) is 5.56 Å². The van der Waals surface area contributed by atoms with Gasteiger partial charge in [0.1, 0.15) is 17.2 Å². The van der Waals surface area contributed by atoms with Crippen molar-refractivity contribution in [1.82, 2.24) is 29.5 Å². The summed E-state index contributed by atoms with van der Waals surface area (Å²) in [5, 5.41) is 3.56. The van der Waals surface area contributed by atoms with E-state index in [1.54, 1.807) is 0 Å². The molecule has 0 saturated carbocycles. The Morgan fingerprint density at radius 3 is 2.79 bits per heavy atom. The minimum Gasteiger partial charge on any atom is -0.368 e. The number of H-pyrrole nitrogens is 1. The normalized spacial score (nSPS) is 12.3. The molecule has 0 aliphatic rings. The molecule has 0 amide bonds. The summed E-state index contributed by atoms with van der Waals surface area (Å²) >= 11 is 0. The van der Waals surface area contributed by atoms with E-state index in [1.807, 2.05) is 38.1 Å². The van der Waals surface area contributed by atoms with E-state index >= 15 is 0 Å². The number of nitrogens with zero attached hydrogens (tertiary/aromatic N) is 5. The molecular formula is C23H21FN8O. The first-order valence-corrected chi connectivity index (χ1v) is 10.5. The van der Waals surface area contributed by atoms with Crippen LogP contribution in [-0.4, -0.2) is 29.5 Å². The number of hydrogen-bond acceptors (Lipinski definition) is 7. The Hall–Kier alpha value is -4.34. The Morgan fingerprint density at radius 2 is 2.00 bits per heavy atom. The van der Waals surface area contributed by atoms with E-state index in [4.69, 9.17) is 10.7 Å². The number of anilines is 2. The van der Waals surface area contributed by atoms with Crippen LogP contribution < -0.4 is 16.6 Å². The molecule has 9 nitrogen and oxygen atoms in total. The summed E-state index contributed by atoms with van der Waals surface area (Å²) in [7, 11) is 0. The van der Waals surface area contributed by atoms with Crippen LogP contribution >= 0.6 is 0 Å². The Morgan fingerprint density at radius 1 is 1.18 bits per heavy atom. The van der Waals surface area contributed by atoms with Crippen LogP contribution in [-0.2, 0) is 0 Å². The molecule has 0 aliphatic carbocycles. The Balaban J connectivity index is 1.75. The highest BCUT2D eigenvalue weighted by molar-refractivity contribution is 5.84. The van der Waals surface area contributed by atoms with Crippen molar-refractivity contribution in [2.24, 2.45) is 0 Å². The third-order valence-corrected chi connectivity index (χ3v) is 5.55. The number of nitrogens with two attached hydrogens (primary N) is 1. The molecule has 0 radical (unpaired) electrons. The van der Waals surface area contributed by atoms with Gasteiger partial charge in [-0.1, -0.05) is 25.1 Å². The molecule has 0 aliphatic heterocycles. The molecule has 0 spiro atoms. The van der Waals surface area contributed by atoms with Gasteiger partial charge in [0.05, 0.1) is 29.0 Å². The van der Waals surface area contributed by atoms with Crippen molar-refractivity contribution in [3.8, 4) is 5.69 Å². The number of nitrogen functional groups attached to an aromatic ring is 1. The molecule has 10 heteroatoms. The van der Waals surface area contributed by atoms with Gasteiger partial charge in [0.15, 0.2) is 11.5 Å². The van der Waals surface area contributed by atoms with Gasteiger partial charge in [0, 0.05) is 0 Å². The molecule has 0 fully saturated rings. The first-order valence-electron chi connectivity index (χ1n) is 10.5. The highest BCUT2D eigenvalue weighted by atomic mass is 19.1. The maximum Gasteiger partial charge on any atom is 0.266 e. The maximum atomic E-state index is 14.0. The number of aromatic amines is 1. The summed E-state index contributed by atoms with van der Waals surface area (Å²) in [5.74, 6) is 0.506. The molecule has 1 atom stereocenters. The molecule has 5 aromatic rings. The number of benzene rings is 2. The standard InChI is InChI=1S/C23H21FN8O/c1-3-15(28-20-18-19(27-11-26-18)30-23(25)31-20)21-29-16-9-8-13(24)10-14(16)22(33)32(21)17-7-5-4-6-12(17)2/h4-11,15H,3H2,1-2H3,(H4,25,26,27,28,30,31). The SMILES string of the molecule is CCC(Nc1nc(N)nc2nc[nH]c12)c1nc2ccc(F)cc2c(=O)n1-c1ccccc1C. The van der Waals surface area contributed by atoms with Crippen LogP contribution in [0.5, 0.6) is 0 Å². The van der Waals surface area contributed by atoms with Gasteiger partial charge in [-0.25, -0.2) is 14.4 Å².